The normalized spacial score (nSPS) is 22.6. The topological polar surface area (TPSA) is 74.0 Å². The molecule has 2 atom stereocenters. The summed E-state index contributed by atoms with van der Waals surface area (Å²) in [7, 11) is -3.36. The molecule has 1 aliphatic carbocycles. The lowest BCUT2D eigenvalue weighted by molar-refractivity contribution is 0.576. The van der Waals surface area contributed by atoms with E-state index < -0.39 is 10.0 Å². The molecule has 2 rings (SSSR count). The number of H-pyrrole nitrogens is 1. The predicted octanol–water partition coefficient (Wildman–Crippen LogP) is 1.59. The van der Waals surface area contributed by atoms with E-state index in [0.29, 0.717) is 17.4 Å². The highest BCUT2D eigenvalue weighted by Crippen LogP contribution is 2.34. The summed E-state index contributed by atoms with van der Waals surface area (Å²) in [4.78, 5) is 3.34. The van der Waals surface area contributed by atoms with E-state index in [2.05, 4.69) is 28.9 Å². The van der Waals surface area contributed by atoms with Crippen molar-refractivity contribution in [2.24, 2.45) is 5.92 Å². The van der Waals surface area contributed by atoms with Gasteiger partial charge in [-0.3, -0.25) is 0 Å². The predicted molar refractivity (Wildman–Crippen MR) is 75.3 cm³/mol. The van der Waals surface area contributed by atoms with E-state index in [9.17, 15) is 8.42 Å². The van der Waals surface area contributed by atoms with Gasteiger partial charge in [-0.15, -0.1) is 0 Å². The maximum absolute atomic E-state index is 12.1. The highest BCUT2D eigenvalue weighted by Gasteiger charge is 2.38. The van der Waals surface area contributed by atoms with E-state index in [-0.39, 0.29) is 6.04 Å². The Labute approximate surface area is 115 Å². The number of sulfonamides is 1. The van der Waals surface area contributed by atoms with Crippen molar-refractivity contribution in [2.75, 3.05) is 6.54 Å². The molecule has 0 bridgehead atoms. The van der Waals surface area contributed by atoms with Crippen LogP contribution in [0.25, 0.3) is 0 Å². The monoisotopic (exact) mass is 285 g/mol. The molecule has 6 heteroatoms. The number of hydrogen-bond acceptors (Lipinski definition) is 3. The fourth-order valence-electron chi connectivity index (χ4n) is 2.19. The molecule has 1 aliphatic rings. The summed E-state index contributed by atoms with van der Waals surface area (Å²) in [6.07, 6.45) is 4.62. The Kier molecular flexibility index (Phi) is 4.65. The third-order valence-electron chi connectivity index (χ3n) is 3.52. The molecule has 1 saturated carbocycles. The van der Waals surface area contributed by atoms with Gasteiger partial charge in [0.25, 0.3) is 0 Å². The summed E-state index contributed by atoms with van der Waals surface area (Å²) >= 11 is 0. The molecule has 2 unspecified atom stereocenters. The Hall–Kier alpha value is -0.850. The van der Waals surface area contributed by atoms with E-state index in [1.54, 1.807) is 12.3 Å². The first-order valence-electron chi connectivity index (χ1n) is 6.97. The largest absolute Gasteiger partial charge is 0.363 e. The summed E-state index contributed by atoms with van der Waals surface area (Å²) < 4.78 is 27.0. The third-order valence-corrected chi connectivity index (χ3v) is 4.99. The van der Waals surface area contributed by atoms with Crippen LogP contribution >= 0.6 is 0 Å². The molecule has 1 aromatic rings. The number of hydrogen-bond donors (Lipinski definition) is 3. The lowest BCUT2D eigenvalue weighted by Gasteiger charge is -2.03. The molecule has 0 aliphatic heterocycles. The Morgan fingerprint density at radius 2 is 2.21 bits per heavy atom. The Morgan fingerprint density at radius 1 is 1.42 bits per heavy atom. The van der Waals surface area contributed by atoms with E-state index in [1.165, 1.54) is 0 Å². The average Bonchev–Trinajstić information content (AvgIpc) is 2.92. The first-order chi connectivity index (χ1) is 9.06. The molecule has 0 saturated heterocycles. The lowest BCUT2D eigenvalue weighted by Crippen LogP contribution is -2.26. The summed E-state index contributed by atoms with van der Waals surface area (Å²) in [6.45, 7) is 5.79. The molecule has 19 heavy (non-hydrogen) atoms. The van der Waals surface area contributed by atoms with Crippen LogP contribution in [0.3, 0.4) is 0 Å². The Bertz CT molecular complexity index is 510. The van der Waals surface area contributed by atoms with Gasteiger partial charge in [-0.1, -0.05) is 20.3 Å². The van der Waals surface area contributed by atoms with Crippen LogP contribution in [0.1, 0.15) is 38.8 Å². The second-order valence-corrected chi connectivity index (χ2v) is 6.88. The fourth-order valence-corrected chi connectivity index (χ4v) is 3.52. The van der Waals surface area contributed by atoms with Gasteiger partial charge in [0.05, 0.1) is 4.90 Å². The molecule has 1 fully saturated rings. The van der Waals surface area contributed by atoms with Crippen LogP contribution in [0.4, 0.5) is 0 Å². The molecule has 108 valence electrons. The van der Waals surface area contributed by atoms with Gasteiger partial charge < -0.3 is 10.3 Å². The van der Waals surface area contributed by atoms with Crippen LogP contribution in [0.15, 0.2) is 17.2 Å². The maximum atomic E-state index is 12.1. The summed E-state index contributed by atoms with van der Waals surface area (Å²) in [5, 5.41) is 3.24. The zero-order valence-corrected chi connectivity index (χ0v) is 12.4. The maximum Gasteiger partial charge on any atom is 0.242 e. The van der Waals surface area contributed by atoms with Crippen LogP contribution < -0.4 is 10.0 Å². The van der Waals surface area contributed by atoms with Gasteiger partial charge in [0.2, 0.25) is 10.0 Å². The summed E-state index contributed by atoms with van der Waals surface area (Å²) in [5.41, 5.74) is 0.900. The van der Waals surface area contributed by atoms with E-state index >= 15 is 0 Å². The van der Waals surface area contributed by atoms with Crippen LogP contribution in [0, 0.1) is 5.92 Å². The van der Waals surface area contributed by atoms with Crippen LogP contribution in [-0.4, -0.2) is 26.0 Å². The zero-order valence-electron chi connectivity index (χ0n) is 11.6. The molecule has 5 nitrogen and oxygen atoms in total. The summed E-state index contributed by atoms with van der Waals surface area (Å²) in [5.74, 6) is 0.513. The van der Waals surface area contributed by atoms with Crippen LogP contribution in [0.5, 0.6) is 0 Å². The fraction of sp³-hybridized carbons (Fsp3) is 0.692. The van der Waals surface area contributed by atoms with Gasteiger partial charge in [-0.05, 0) is 31.4 Å². The molecule has 3 N–H and O–H groups in total. The van der Waals surface area contributed by atoms with Crippen molar-refractivity contribution in [1.82, 2.24) is 15.0 Å². The number of nitrogens with one attached hydrogen (secondary N) is 3. The van der Waals surface area contributed by atoms with E-state index in [1.807, 2.05) is 0 Å². The van der Waals surface area contributed by atoms with Gasteiger partial charge in [0, 0.05) is 24.5 Å². The van der Waals surface area contributed by atoms with Gasteiger partial charge >= 0.3 is 0 Å². The first-order valence-corrected chi connectivity index (χ1v) is 8.45. The highest BCUT2D eigenvalue weighted by molar-refractivity contribution is 7.89. The Balaban J connectivity index is 1.93. The van der Waals surface area contributed by atoms with Crippen LogP contribution in [0.2, 0.25) is 0 Å². The molecule has 0 radical (unpaired) electrons. The smallest absolute Gasteiger partial charge is 0.242 e. The van der Waals surface area contributed by atoms with Gasteiger partial charge in [-0.2, -0.15) is 0 Å². The van der Waals surface area contributed by atoms with E-state index in [4.69, 9.17) is 0 Å². The van der Waals surface area contributed by atoms with Gasteiger partial charge in [-0.25, -0.2) is 13.1 Å². The van der Waals surface area contributed by atoms with Crippen molar-refractivity contribution in [3.05, 3.63) is 18.0 Å². The quantitative estimate of drug-likeness (QED) is 0.635. The average molecular weight is 285 g/mol. The summed E-state index contributed by atoms with van der Waals surface area (Å²) in [6, 6.07) is 1.83. The number of rotatable bonds is 8. The second-order valence-electron chi connectivity index (χ2n) is 5.17. The van der Waals surface area contributed by atoms with Crippen molar-refractivity contribution in [1.29, 1.82) is 0 Å². The van der Waals surface area contributed by atoms with Crippen molar-refractivity contribution in [2.45, 2.75) is 50.6 Å². The third kappa shape index (κ3) is 3.81. The zero-order chi connectivity index (χ0) is 13.9. The molecule has 0 spiro atoms. The standard InChI is InChI=1S/C13H23N3O2S/c1-3-5-14-8-11-7-12(9-15-11)19(17,18)16-13-6-10(13)4-2/h7,9-10,13-16H,3-6,8H2,1-2H3. The van der Waals surface area contributed by atoms with E-state index in [0.717, 1.165) is 31.5 Å². The SMILES string of the molecule is CCCNCc1cc(S(=O)(=O)NC2CC2CC)c[nH]1. The molecular formula is C13H23N3O2S. The highest BCUT2D eigenvalue weighted by atomic mass is 32.2. The van der Waals surface area contributed by atoms with Gasteiger partial charge in [0.1, 0.15) is 0 Å². The lowest BCUT2D eigenvalue weighted by atomic mass is 10.3. The van der Waals surface area contributed by atoms with Gasteiger partial charge in [0.15, 0.2) is 0 Å². The molecule has 0 aromatic carbocycles. The molecule has 0 amide bonds. The first kappa shape index (κ1) is 14.6. The minimum atomic E-state index is -3.36. The second kappa shape index (κ2) is 6.07. The molecular weight excluding hydrogens is 262 g/mol. The minimum Gasteiger partial charge on any atom is -0.363 e. The molecule has 1 heterocycles. The number of aromatic amines is 1. The van der Waals surface area contributed by atoms with Crippen molar-refractivity contribution in [3.63, 3.8) is 0 Å². The molecule has 1 aromatic heterocycles. The van der Waals surface area contributed by atoms with Crippen molar-refractivity contribution < 1.29 is 8.42 Å². The van der Waals surface area contributed by atoms with Crippen molar-refractivity contribution >= 4 is 10.0 Å². The van der Waals surface area contributed by atoms with Crippen molar-refractivity contribution in [3.8, 4) is 0 Å². The minimum absolute atomic E-state index is 0.131. The Morgan fingerprint density at radius 3 is 2.84 bits per heavy atom. The van der Waals surface area contributed by atoms with Crippen LogP contribution in [-0.2, 0) is 16.6 Å². The number of aromatic nitrogens is 1.